The van der Waals surface area contributed by atoms with Gasteiger partial charge in [-0.05, 0) is 83.9 Å². The van der Waals surface area contributed by atoms with E-state index < -0.39 is 34.9 Å². The summed E-state index contributed by atoms with van der Waals surface area (Å²) >= 11 is 0. The molecule has 1 aliphatic carbocycles. The van der Waals surface area contributed by atoms with Crippen molar-refractivity contribution in [2.24, 2.45) is 11.8 Å². The number of nitrogens with one attached hydrogen (secondary N) is 1. The third-order valence-corrected chi connectivity index (χ3v) is 8.29. The SMILES string of the molecule is CCOCCCC[C@@](O)(c1cc(F)cc(F)c1F)[C@@H]1CCCN(C(CNC)CC2CCC(F)(F)CC2)C1. The predicted molar refractivity (Wildman–Crippen MR) is 134 cm³/mol. The molecule has 1 aromatic carbocycles. The number of benzene rings is 1. The van der Waals surface area contributed by atoms with E-state index in [1.807, 2.05) is 14.0 Å². The molecule has 1 aromatic rings. The Morgan fingerprint density at radius 1 is 1.16 bits per heavy atom. The number of halogens is 5. The standard InChI is InChI=1S/C28H43F5N2O2/c1-3-37-14-5-4-10-28(36,24-16-22(29)17-25(30)26(24)31)21-7-6-13-35(19-21)23(18-34-2)15-20-8-11-27(32,33)12-9-20/h16-17,20-21,23,34,36H,3-15,18-19H2,1-2H3/t21-,23?,28+/m1/s1. The monoisotopic (exact) mass is 534 g/mol. The number of unbranched alkanes of at least 4 members (excludes halogenated alkanes) is 1. The molecule has 2 fully saturated rings. The number of hydrogen-bond donors (Lipinski definition) is 2. The minimum Gasteiger partial charge on any atom is -0.385 e. The van der Waals surface area contributed by atoms with Crippen LogP contribution in [0, 0.1) is 29.3 Å². The van der Waals surface area contributed by atoms with Gasteiger partial charge in [0, 0.05) is 62.7 Å². The molecule has 0 bridgehead atoms. The van der Waals surface area contributed by atoms with Crippen LogP contribution in [0.1, 0.15) is 76.7 Å². The number of likely N-dealkylation sites (N-methyl/N-ethyl adjacent to an activating group) is 1. The molecule has 0 amide bonds. The normalized spacial score (nSPS) is 23.6. The van der Waals surface area contributed by atoms with Gasteiger partial charge in [0.2, 0.25) is 5.92 Å². The first-order valence-corrected chi connectivity index (χ1v) is 13.8. The number of rotatable bonds is 13. The number of piperidine rings is 1. The molecule has 2 N–H and O–H groups in total. The Labute approximate surface area is 217 Å². The Kier molecular flexibility index (Phi) is 11.2. The number of ether oxygens (including phenoxy) is 1. The zero-order valence-corrected chi connectivity index (χ0v) is 22.2. The summed E-state index contributed by atoms with van der Waals surface area (Å²) in [6, 6.07) is 1.49. The Bertz CT molecular complexity index is 848. The van der Waals surface area contributed by atoms with Gasteiger partial charge in [-0.2, -0.15) is 0 Å². The summed E-state index contributed by atoms with van der Waals surface area (Å²) in [4.78, 5) is 2.25. The van der Waals surface area contributed by atoms with Gasteiger partial charge in [0.15, 0.2) is 11.6 Å². The lowest BCUT2D eigenvalue weighted by molar-refractivity contribution is -0.0745. The van der Waals surface area contributed by atoms with E-state index in [1.54, 1.807) is 0 Å². The molecule has 0 radical (unpaired) electrons. The molecule has 1 heterocycles. The van der Waals surface area contributed by atoms with Crippen LogP contribution in [0.5, 0.6) is 0 Å². The summed E-state index contributed by atoms with van der Waals surface area (Å²) < 4.78 is 76.2. The minimum atomic E-state index is -2.58. The maximum absolute atomic E-state index is 15.0. The first-order valence-electron chi connectivity index (χ1n) is 13.8. The smallest absolute Gasteiger partial charge is 0.248 e. The van der Waals surface area contributed by atoms with Crippen LogP contribution >= 0.6 is 0 Å². The van der Waals surface area contributed by atoms with Gasteiger partial charge >= 0.3 is 0 Å². The van der Waals surface area contributed by atoms with Crippen LogP contribution in [0.15, 0.2) is 12.1 Å². The Balaban J connectivity index is 1.80. The maximum Gasteiger partial charge on any atom is 0.248 e. The molecule has 1 saturated carbocycles. The molecular weight excluding hydrogens is 491 g/mol. The van der Waals surface area contributed by atoms with Crippen molar-refractivity contribution in [2.75, 3.05) is 39.9 Å². The fourth-order valence-electron chi connectivity index (χ4n) is 6.22. The van der Waals surface area contributed by atoms with Crippen LogP contribution < -0.4 is 5.32 Å². The molecule has 212 valence electrons. The Hall–Kier alpha value is -1.29. The zero-order valence-electron chi connectivity index (χ0n) is 22.2. The largest absolute Gasteiger partial charge is 0.385 e. The summed E-state index contributed by atoms with van der Waals surface area (Å²) in [5.74, 6) is -6.24. The van der Waals surface area contributed by atoms with E-state index in [1.165, 1.54) is 0 Å². The van der Waals surface area contributed by atoms with Gasteiger partial charge in [-0.3, -0.25) is 4.90 Å². The number of alkyl halides is 2. The lowest BCUT2D eigenvalue weighted by Gasteiger charge is -2.46. The molecule has 2 aliphatic rings. The van der Waals surface area contributed by atoms with Crippen LogP contribution in [-0.4, -0.2) is 61.9 Å². The first kappa shape index (κ1) is 30.3. The highest BCUT2D eigenvalue weighted by Crippen LogP contribution is 2.43. The molecule has 37 heavy (non-hydrogen) atoms. The van der Waals surface area contributed by atoms with Crippen LogP contribution in [0.25, 0.3) is 0 Å². The molecular formula is C28H43F5N2O2. The Morgan fingerprint density at radius 2 is 1.89 bits per heavy atom. The van der Waals surface area contributed by atoms with Crippen molar-refractivity contribution in [3.63, 3.8) is 0 Å². The predicted octanol–water partition coefficient (Wildman–Crippen LogP) is 6.01. The van der Waals surface area contributed by atoms with E-state index in [4.69, 9.17) is 4.74 Å². The van der Waals surface area contributed by atoms with Gasteiger partial charge in [0.25, 0.3) is 0 Å². The highest BCUT2D eigenvalue weighted by atomic mass is 19.3. The third kappa shape index (κ3) is 8.10. The lowest BCUT2D eigenvalue weighted by Crippen LogP contribution is -2.52. The van der Waals surface area contributed by atoms with E-state index >= 15 is 0 Å². The van der Waals surface area contributed by atoms with Gasteiger partial charge in [-0.25, -0.2) is 22.0 Å². The van der Waals surface area contributed by atoms with Gasteiger partial charge in [0.05, 0.1) is 5.60 Å². The summed E-state index contributed by atoms with van der Waals surface area (Å²) in [5.41, 5.74) is -2.07. The first-order chi connectivity index (χ1) is 17.6. The Morgan fingerprint density at radius 3 is 2.57 bits per heavy atom. The lowest BCUT2D eigenvalue weighted by atomic mass is 9.73. The molecule has 1 saturated heterocycles. The second-order valence-electron chi connectivity index (χ2n) is 10.9. The van der Waals surface area contributed by atoms with E-state index in [0.29, 0.717) is 64.5 Å². The number of hydrogen-bond acceptors (Lipinski definition) is 4. The van der Waals surface area contributed by atoms with Crippen LogP contribution in [-0.2, 0) is 10.3 Å². The van der Waals surface area contributed by atoms with Gasteiger partial charge in [-0.15, -0.1) is 0 Å². The van der Waals surface area contributed by atoms with Gasteiger partial charge < -0.3 is 15.2 Å². The topological polar surface area (TPSA) is 44.7 Å². The second-order valence-corrected chi connectivity index (χ2v) is 10.9. The quantitative estimate of drug-likeness (QED) is 0.185. The minimum absolute atomic E-state index is 0.0702. The van der Waals surface area contributed by atoms with Crippen molar-refractivity contribution >= 4 is 0 Å². The number of aliphatic hydroxyl groups is 1. The molecule has 1 unspecified atom stereocenters. The fourth-order valence-corrected chi connectivity index (χ4v) is 6.22. The summed E-state index contributed by atoms with van der Waals surface area (Å²) in [6.45, 7) is 4.82. The van der Waals surface area contributed by atoms with E-state index in [9.17, 15) is 27.1 Å². The molecule has 3 rings (SSSR count). The van der Waals surface area contributed by atoms with Crippen molar-refractivity contribution in [3.8, 4) is 0 Å². The van der Waals surface area contributed by atoms with Crippen molar-refractivity contribution < 1.29 is 31.8 Å². The summed E-state index contributed by atoms with van der Waals surface area (Å²) in [6.07, 6.45) is 4.22. The van der Waals surface area contributed by atoms with Crippen LogP contribution in [0.4, 0.5) is 22.0 Å². The highest BCUT2D eigenvalue weighted by molar-refractivity contribution is 5.28. The van der Waals surface area contributed by atoms with E-state index in [0.717, 1.165) is 25.5 Å². The fraction of sp³-hybridized carbons (Fsp3) is 0.786. The van der Waals surface area contributed by atoms with Crippen molar-refractivity contribution in [3.05, 3.63) is 35.1 Å². The number of likely N-dealkylation sites (tertiary alicyclic amines) is 1. The van der Waals surface area contributed by atoms with Crippen molar-refractivity contribution in [2.45, 2.75) is 88.7 Å². The molecule has 0 spiro atoms. The van der Waals surface area contributed by atoms with E-state index in [-0.39, 0.29) is 36.8 Å². The van der Waals surface area contributed by atoms with Crippen molar-refractivity contribution in [1.29, 1.82) is 0 Å². The highest BCUT2D eigenvalue weighted by Gasteiger charge is 2.44. The maximum atomic E-state index is 15.0. The van der Waals surface area contributed by atoms with Crippen LogP contribution in [0.2, 0.25) is 0 Å². The second kappa shape index (κ2) is 13.7. The van der Waals surface area contributed by atoms with Gasteiger partial charge in [-0.1, -0.05) is 0 Å². The summed E-state index contributed by atoms with van der Waals surface area (Å²) in [7, 11) is 1.85. The molecule has 9 heteroatoms. The molecule has 1 aliphatic heterocycles. The van der Waals surface area contributed by atoms with Crippen LogP contribution in [0.3, 0.4) is 0 Å². The molecule has 3 atom stereocenters. The average Bonchev–Trinajstić information content (AvgIpc) is 2.87. The summed E-state index contributed by atoms with van der Waals surface area (Å²) in [5, 5.41) is 15.2. The third-order valence-electron chi connectivity index (χ3n) is 8.29. The van der Waals surface area contributed by atoms with E-state index in [2.05, 4.69) is 10.2 Å². The molecule has 0 aromatic heterocycles. The molecule has 4 nitrogen and oxygen atoms in total. The zero-order chi connectivity index (χ0) is 27.1. The van der Waals surface area contributed by atoms with Gasteiger partial charge in [0.1, 0.15) is 5.82 Å². The average molecular weight is 535 g/mol. The number of nitrogens with zero attached hydrogens (tertiary/aromatic N) is 1. The van der Waals surface area contributed by atoms with Crippen molar-refractivity contribution in [1.82, 2.24) is 10.2 Å².